The Morgan fingerprint density at radius 3 is 2.71 bits per heavy atom. The summed E-state index contributed by atoms with van der Waals surface area (Å²) in [6, 6.07) is 7.65. The minimum absolute atomic E-state index is 0.431. The van der Waals surface area contributed by atoms with Crippen LogP contribution >= 0.6 is 11.6 Å². The van der Waals surface area contributed by atoms with Crippen molar-refractivity contribution in [3.8, 4) is 11.1 Å². The molecule has 0 unspecified atom stereocenters. The Labute approximate surface area is 105 Å². The van der Waals surface area contributed by atoms with E-state index in [9.17, 15) is 0 Å². The molecule has 1 aliphatic rings. The monoisotopic (exact) mass is 248 g/mol. The molecule has 3 nitrogen and oxygen atoms in total. The maximum absolute atomic E-state index is 6.20. The molecule has 4 heteroatoms. The topological polar surface area (TPSA) is 52.0 Å². The summed E-state index contributed by atoms with van der Waals surface area (Å²) in [4.78, 5) is 0. The fourth-order valence-electron chi connectivity index (χ4n) is 2.20. The van der Waals surface area contributed by atoms with Gasteiger partial charge in [-0.3, -0.25) is 0 Å². The molecule has 1 aromatic heterocycles. The summed E-state index contributed by atoms with van der Waals surface area (Å²) < 4.78 is 5.38. The van der Waals surface area contributed by atoms with Crippen LogP contribution in [-0.2, 0) is 0 Å². The van der Waals surface area contributed by atoms with Gasteiger partial charge in [0.05, 0.1) is 5.56 Å². The van der Waals surface area contributed by atoms with Crippen LogP contribution in [0.2, 0.25) is 5.02 Å². The van der Waals surface area contributed by atoms with Crippen molar-refractivity contribution in [2.24, 2.45) is 0 Å². The zero-order chi connectivity index (χ0) is 11.8. The Kier molecular flexibility index (Phi) is 2.56. The third-order valence-corrected chi connectivity index (χ3v) is 3.69. The number of hydrogen-bond acceptors (Lipinski definition) is 3. The van der Waals surface area contributed by atoms with Crippen LogP contribution in [0.15, 0.2) is 28.8 Å². The van der Waals surface area contributed by atoms with E-state index in [4.69, 9.17) is 21.9 Å². The number of halogens is 1. The van der Waals surface area contributed by atoms with Gasteiger partial charge in [-0.2, -0.15) is 0 Å². The number of aromatic nitrogens is 1. The minimum atomic E-state index is 0.431. The Bertz CT molecular complexity index is 546. The lowest BCUT2D eigenvalue weighted by Crippen LogP contribution is -2.09. The fourth-order valence-corrected chi connectivity index (χ4v) is 2.43. The first kappa shape index (κ1) is 10.7. The quantitative estimate of drug-likeness (QED) is 0.878. The van der Waals surface area contributed by atoms with Gasteiger partial charge in [-0.1, -0.05) is 41.4 Å². The average molecular weight is 249 g/mol. The molecule has 2 aromatic rings. The summed E-state index contributed by atoms with van der Waals surface area (Å²) >= 11 is 6.20. The highest BCUT2D eigenvalue weighted by atomic mass is 35.5. The predicted octanol–water partition coefficient (Wildman–Crippen LogP) is 3.84. The molecule has 1 aliphatic carbocycles. The highest BCUT2D eigenvalue weighted by Crippen LogP contribution is 2.44. The summed E-state index contributed by atoms with van der Waals surface area (Å²) in [6.45, 7) is 0. The van der Waals surface area contributed by atoms with Gasteiger partial charge < -0.3 is 10.3 Å². The van der Waals surface area contributed by atoms with Crippen LogP contribution in [0.4, 0.5) is 5.82 Å². The molecule has 0 radical (unpaired) electrons. The van der Waals surface area contributed by atoms with Gasteiger partial charge in [0.15, 0.2) is 5.82 Å². The molecular formula is C13H13ClN2O. The van der Waals surface area contributed by atoms with Crippen molar-refractivity contribution in [1.29, 1.82) is 0 Å². The molecule has 0 bridgehead atoms. The molecule has 2 N–H and O–H groups in total. The van der Waals surface area contributed by atoms with Gasteiger partial charge in [0.25, 0.3) is 0 Å². The summed E-state index contributed by atoms with van der Waals surface area (Å²) in [5.41, 5.74) is 7.68. The van der Waals surface area contributed by atoms with E-state index in [1.54, 1.807) is 0 Å². The Balaban J connectivity index is 2.13. The van der Waals surface area contributed by atoms with Crippen LogP contribution in [0.25, 0.3) is 11.1 Å². The first-order valence-corrected chi connectivity index (χ1v) is 6.15. The van der Waals surface area contributed by atoms with E-state index < -0.39 is 0 Å². The van der Waals surface area contributed by atoms with Crippen molar-refractivity contribution in [2.75, 3.05) is 5.73 Å². The Hall–Kier alpha value is -1.48. The van der Waals surface area contributed by atoms with Crippen LogP contribution in [0.3, 0.4) is 0 Å². The number of nitrogen functional groups attached to an aromatic ring is 1. The molecular weight excluding hydrogens is 236 g/mol. The van der Waals surface area contributed by atoms with Crippen molar-refractivity contribution < 1.29 is 4.52 Å². The molecule has 17 heavy (non-hydrogen) atoms. The molecule has 0 spiro atoms. The van der Waals surface area contributed by atoms with E-state index in [0.29, 0.717) is 16.8 Å². The Morgan fingerprint density at radius 1 is 1.29 bits per heavy atom. The fraction of sp³-hybridized carbons (Fsp3) is 0.308. The average Bonchev–Trinajstić information content (AvgIpc) is 2.59. The lowest BCUT2D eigenvalue weighted by Gasteiger charge is -2.23. The molecule has 1 fully saturated rings. The molecule has 1 aromatic carbocycles. The van der Waals surface area contributed by atoms with E-state index in [1.165, 1.54) is 6.42 Å². The van der Waals surface area contributed by atoms with Crippen LogP contribution in [0.5, 0.6) is 0 Å². The van der Waals surface area contributed by atoms with Crippen LogP contribution in [-0.4, -0.2) is 5.16 Å². The highest BCUT2D eigenvalue weighted by molar-refractivity contribution is 6.33. The minimum Gasteiger partial charge on any atom is -0.380 e. The molecule has 0 saturated heterocycles. The number of rotatable bonds is 2. The van der Waals surface area contributed by atoms with Gasteiger partial charge in [0.1, 0.15) is 5.76 Å². The van der Waals surface area contributed by atoms with E-state index in [0.717, 1.165) is 29.7 Å². The lowest BCUT2D eigenvalue weighted by atomic mass is 9.81. The molecule has 0 amide bonds. The number of nitrogens with two attached hydrogens (primary N) is 1. The van der Waals surface area contributed by atoms with E-state index in [-0.39, 0.29) is 0 Å². The second-order valence-corrected chi connectivity index (χ2v) is 4.82. The van der Waals surface area contributed by atoms with E-state index in [2.05, 4.69) is 5.16 Å². The second-order valence-electron chi connectivity index (χ2n) is 4.41. The third-order valence-electron chi connectivity index (χ3n) is 3.36. The van der Waals surface area contributed by atoms with Crippen LogP contribution in [0, 0.1) is 0 Å². The second kappa shape index (κ2) is 4.08. The number of nitrogens with zero attached hydrogens (tertiary/aromatic N) is 1. The van der Waals surface area contributed by atoms with Crippen LogP contribution < -0.4 is 5.73 Å². The first-order chi connectivity index (χ1) is 8.27. The van der Waals surface area contributed by atoms with Gasteiger partial charge >= 0.3 is 0 Å². The van der Waals surface area contributed by atoms with Gasteiger partial charge in [0, 0.05) is 16.5 Å². The van der Waals surface area contributed by atoms with Crippen molar-refractivity contribution in [3.05, 3.63) is 35.0 Å². The van der Waals surface area contributed by atoms with Crippen LogP contribution in [0.1, 0.15) is 30.9 Å². The molecule has 0 aliphatic heterocycles. The van der Waals surface area contributed by atoms with Crippen molar-refractivity contribution in [2.45, 2.75) is 25.2 Å². The summed E-state index contributed by atoms with van der Waals surface area (Å²) in [5, 5.41) is 4.56. The summed E-state index contributed by atoms with van der Waals surface area (Å²) in [5.74, 6) is 1.77. The molecule has 0 atom stereocenters. The zero-order valence-corrected chi connectivity index (χ0v) is 10.1. The summed E-state index contributed by atoms with van der Waals surface area (Å²) in [6.07, 6.45) is 3.53. The highest BCUT2D eigenvalue weighted by Gasteiger charge is 2.29. The third kappa shape index (κ3) is 1.71. The number of anilines is 1. The maximum atomic E-state index is 6.20. The van der Waals surface area contributed by atoms with E-state index in [1.807, 2.05) is 24.3 Å². The SMILES string of the molecule is Nc1noc(C2CCC2)c1-c1ccccc1Cl. The predicted molar refractivity (Wildman–Crippen MR) is 68.0 cm³/mol. The number of benzene rings is 1. The van der Waals surface area contributed by atoms with Gasteiger partial charge in [0.2, 0.25) is 0 Å². The largest absolute Gasteiger partial charge is 0.380 e. The zero-order valence-electron chi connectivity index (χ0n) is 9.32. The van der Waals surface area contributed by atoms with Crippen molar-refractivity contribution >= 4 is 17.4 Å². The summed E-state index contributed by atoms with van der Waals surface area (Å²) in [7, 11) is 0. The smallest absolute Gasteiger partial charge is 0.175 e. The van der Waals surface area contributed by atoms with Crippen molar-refractivity contribution in [1.82, 2.24) is 5.16 Å². The number of hydrogen-bond donors (Lipinski definition) is 1. The van der Waals surface area contributed by atoms with Gasteiger partial charge in [-0.15, -0.1) is 0 Å². The molecule has 3 rings (SSSR count). The Morgan fingerprint density at radius 2 is 2.06 bits per heavy atom. The van der Waals surface area contributed by atoms with Gasteiger partial charge in [-0.05, 0) is 18.9 Å². The van der Waals surface area contributed by atoms with Gasteiger partial charge in [-0.25, -0.2) is 0 Å². The first-order valence-electron chi connectivity index (χ1n) is 5.77. The normalized spacial score (nSPS) is 15.8. The van der Waals surface area contributed by atoms with E-state index >= 15 is 0 Å². The standard InChI is InChI=1S/C13H13ClN2O/c14-10-7-2-1-6-9(10)11-12(8-4-3-5-8)17-16-13(11)15/h1-2,6-8H,3-5H2,(H2,15,16). The van der Waals surface area contributed by atoms with Crippen molar-refractivity contribution in [3.63, 3.8) is 0 Å². The molecule has 1 heterocycles. The lowest BCUT2D eigenvalue weighted by molar-refractivity contribution is 0.302. The maximum Gasteiger partial charge on any atom is 0.175 e. The molecule has 1 saturated carbocycles. The molecule has 88 valence electrons.